The van der Waals surface area contributed by atoms with Gasteiger partial charge in [0.15, 0.2) is 6.10 Å². The van der Waals surface area contributed by atoms with Gasteiger partial charge in [-0.3, -0.25) is 14.4 Å². The van der Waals surface area contributed by atoms with Crippen molar-refractivity contribution in [1.82, 2.24) is 0 Å². The molecule has 0 saturated carbocycles. The summed E-state index contributed by atoms with van der Waals surface area (Å²) in [4.78, 5) is 37.3. The van der Waals surface area contributed by atoms with E-state index in [-0.39, 0.29) is 31.6 Å². The predicted molar refractivity (Wildman–Crippen MR) is 219 cm³/mol. The molecule has 0 aliphatic heterocycles. The second-order valence-corrected chi connectivity index (χ2v) is 13.9. The van der Waals surface area contributed by atoms with E-state index in [0.29, 0.717) is 12.8 Å². The van der Waals surface area contributed by atoms with Gasteiger partial charge in [0.25, 0.3) is 0 Å². The van der Waals surface area contributed by atoms with Gasteiger partial charge in [-0.25, -0.2) is 0 Å². The maximum atomic E-state index is 12.6. The Morgan fingerprint density at radius 1 is 0.404 bits per heavy atom. The maximum absolute atomic E-state index is 12.6. The van der Waals surface area contributed by atoms with Crippen LogP contribution in [0.5, 0.6) is 0 Å². The number of esters is 3. The van der Waals surface area contributed by atoms with Crippen molar-refractivity contribution < 1.29 is 28.6 Å². The first-order valence-corrected chi connectivity index (χ1v) is 21.3. The summed E-state index contributed by atoms with van der Waals surface area (Å²) >= 11 is 0. The number of hydrogen-bond donors (Lipinski definition) is 0. The van der Waals surface area contributed by atoms with Crippen LogP contribution in [0, 0.1) is 0 Å². The summed E-state index contributed by atoms with van der Waals surface area (Å²) < 4.78 is 16.5. The molecule has 0 N–H and O–H groups in total. The van der Waals surface area contributed by atoms with Crippen molar-refractivity contribution in [1.29, 1.82) is 0 Å². The minimum atomic E-state index is -0.805. The molecule has 1 atom stereocenters. The van der Waals surface area contributed by atoms with Gasteiger partial charge in [-0.15, -0.1) is 0 Å². The predicted octanol–water partition coefficient (Wildman–Crippen LogP) is 13.4. The lowest BCUT2D eigenvalue weighted by molar-refractivity contribution is -0.166. The quantitative estimate of drug-likeness (QED) is 0.0274. The molecule has 0 fully saturated rings. The molecule has 0 radical (unpaired) electrons. The Hall–Kier alpha value is -2.89. The molecule has 0 bridgehead atoms. The number of ether oxygens (including phenoxy) is 3. The van der Waals surface area contributed by atoms with Crippen LogP contribution in [0.1, 0.15) is 194 Å². The standard InChI is InChI=1S/C46H78O6/c1-4-7-10-13-15-17-19-21-23-25-26-28-30-33-36-39-45(48)51-42-43(41-50-44(47)38-35-32-12-9-6-3)52-46(49)40-37-34-31-29-27-24-22-20-18-16-14-11-8-5-2/h7,10,15,17,21,23,26,28,33,36,43H,4-6,8-9,11-14,16,18-20,22,24-25,27,29-32,34-35,37-42H2,1-3H3/b10-7-,17-15-,23-21-,28-26-,36-33-. The first-order valence-electron chi connectivity index (χ1n) is 21.3. The third-order valence-electron chi connectivity index (χ3n) is 8.82. The van der Waals surface area contributed by atoms with Crippen LogP contribution >= 0.6 is 0 Å². The molecule has 0 aromatic carbocycles. The summed E-state index contributed by atoms with van der Waals surface area (Å²) in [7, 11) is 0. The monoisotopic (exact) mass is 727 g/mol. The van der Waals surface area contributed by atoms with Gasteiger partial charge in [-0.05, 0) is 44.9 Å². The summed E-state index contributed by atoms with van der Waals surface area (Å²) in [6, 6.07) is 0. The maximum Gasteiger partial charge on any atom is 0.309 e. The zero-order valence-corrected chi connectivity index (χ0v) is 33.8. The zero-order valence-electron chi connectivity index (χ0n) is 33.8. The molecule has 1 unspecified atom stereocenters. The average Bonchev–Trinajstić information content (AvgIpc) is 3.14. The van der Waals surface area contributed by atoms with E-state index in [1.54, 1.807) is 6.08 Å². The molecular formula is C46H78O6. The van der Waals surface area contributed by atoms with Crippen LogP contribution in [0.15, 0.2) is 60.8 Å². The number of allylic oxidation sites excluding steroid dienone is 9. The Labute approximate surface area is 320 Å². The summed E-state index contributed by atoms with van der Waals surface area (Å²) in [5, 5.41) is 0. The second kappa shape index (κ2) is 40.9. The molecule has 52 heavy (non-hydrogen) atoms. The lowest BCUT2D eigenvalue weighted by Gasteiger charge is -2.18. The number of unbranched alkanes of at least 4 members (excludes halogenated alkanes) is 17. The van der Waals surface area contributed by atoms with Gasteiger partial charge >= 0.3 is 17.9 Å². The van der Waals surface area contributed by atoms with E-state index in [4.69, 9.17) is 14.2 Å². The minimum absolute atomic E-state index is 0.104. The normalized spacial score (nSPS) is 12.6. The van der Waals surface area contributed by atoms with Crippen LogP contribution in [0.2, 0.25) is 0 Å². The molecular weight excluding hydrogens is 648 g/mol. The van der Waals surface area contributed by atoms with E-state index in [2.05, 4.69) is 69.4 Å². The Morgan fingerprint density at radius 2 is 0.750 bits per heavy atom. The molecule has 0 saturated heterocycles. The molecule has 0 aliphatic rings. The van der Waals surface area contributed by atoms with Crippen LogP contribution in [-0.2, 0) is 28.6 Å². The molecule has 0 rings (SSSR count). The molecule has 6 nitrogen and oxygen atoms in total. The van der Waals surface area contributed by atoms with Gasteiger partial charge in [0.05, 0.1) is 6.42 Å². The zero-order chi connectivity index (χ0) is 38.0. The van der Waals surface area contributed by atoms with Crippen LogP contribution in [-0.4, -0.2) is 37.2 Å². The topological polar surface area (TPSA) is 78.9 Å². The SMILES string of the molecule is CC/C=C\C/C=C\C/C=C\C/C=C\C/C=C\CC(=O)OCC(COC(=O)CCCCCCC)OC(=O)CCCCCCCCCCCCCCCC. The van der Waals surface area contributed by atoms with Crippen LogP contribution in [0.3, 0.4) is 0 Å². The van der Waals surface area contributed by atoms with Crippen molar-refractivity contribution in [3.63, 3.8) is 0 Å². The van der Waals surface area contributed by atoms with Crippen molar-refractivity contribution >= 4 is 17.9 Å². The lowest BCUT2D eigenvalue weighted by Crippen LogP contribution is -2.30. The summed E-state index contributed by atoms with van der Waals surface area (Å²) in [5.41, 5.74) is 0. The van der Waals surface area contributed by atoms with Crippen molar-refractivity contribution in [2.45, 2.75) is 200 Å². The van der Waals surface area contributed by atoms with E-state index < -0.39 is 12.1 Å². The fourth-order valence-electron chi connectivity index (χ4n) is 5.63. The summed E-state index contributed by atoms with van der Waals surface area (Å²) in [6.07, 6.45) is 48.3. The Kier molecular flexibility index (Phi) is 38.6. The van der Waals surface area contributed by atoms with Crippen LogP contribution in [0.4, 0.5) is 0 Å². The van der Waals surface area contributed by atoms with Gasteiger partial charge in [0.1, 0.15) is 13.2 Å². The van der Waals surface area contributed by atoms with Gasteiger partial charge in [-0.1, -0.05) is 191 Å². The first kappa shape index (κ1) is 49.1. The van der Waals surface area contributed by atoms with E-state index in [9.17, 15) is 14.4 Å². The first-order chi connectivity index (χ1) is 25.5. The Balaban J connectivity index is 4.39. The number of rotatable bonds is 37. The number of carbonyl (C=O) groups is 3. The van der Waals surface area contributed by atoms with E-state index in [0.717, 1.165) is 83.5 Å². The van der Waals surface area contributed by atoms with Crippen molar-refractivity contribution in [3.8, 4) is 0 Å². The van der Waals surface area contributed by atoms with E-state index >= 15 is 0 Å². The average molecular weight is 727 g/mol. The highest BCUT2D eigenvalue weighted by Crippen LogP contribution is 2.14. The number of carbonyl (C=O) groups excluding carboxylic acids is 3. The third-order valence-corrected chi connectivity index (χ3v) is 8.82. The van der Waals surface area contributed by atoms with E-state index in [1.807, 2.05) is 6.08 Å². The van der Waals surface area contributed by atoms with Crippen LogP contribution < -0.4 is 0 Å². The van der Waals surface area contributed by atoms with Crippen molar-refractivity contribution in [2.24, 2.45) is 0 Å². The van der Waals surface area contributed by atoms with E-state index in [1.165, 1.54) is 70.6 Å². The molecule has 0 aromatic heterocycles. The Bertz CT molecular complexity index is 975. The fourth-order valence-corrected chi connectivity index (χ4v) is 5.63. The highest BCUT2D eigenvalue weighted by Gasteiger charge is 2.19. The lowest BCUT2D eigenvalue weighted by atomic mass is 10.0. The second-order valence-electron chi connectivity index (χ2n) is 13.9. The van der Waals surface area contributed by atoms with Crippen molar-refractivity contribution in [2.75, 3.05) is 13.2 Å². The molecule has 0 aromatic rings. The smallest absolute Gasteiger partial charge is 0.309 e. The van der Waals surface area contributed by atoms with Gasteiger partial charge in [0.2, 0.25) is 0 Å². The Morgan fingerprint density at radius 3 is 1.17 bits per heavy atom. The summed E-state index contributed by atoms with van der Waals surface area (Å²) in [5.74, 6) is -1.06. The van der Waals surface area contributed by atoms with Crippen molar-refractivity contribution in [3.05, 3.63) is 60.8 Å². The van der Waals surface area contributed by atoms with Gasteiger partial charge in [-0.2, -0.15) is 0 Å². The van der Waals surface area contributed by atoms with Crippen LogP contribution in [0.25, 0.3) is 0 Å². The minimum Gasteiger partial charge on any atom is -0.462 e. The molecule has 0 heterocycles. The molecule has 0 aliphatic carbocycles. The molecule has 0 amide bonds. The largest absolute Gasteiger partial charge is 0.462 e. The molecule has 6 heteroatoms. The third kappa shape index (κ3) is 38.3. The highest BCUT2D eigenvalue weighted by atomic mass is 16.6. The summed E-state index contributed by atoms with van der Waals surface area (Å²) in [6.45, 7) is 6.33. The molecule has 298 valence electrons. The van der Waals surface area contributed by atoms with Gasteiger partial charge < -0.3 is 14.2 Å². The van der Waals surface area contributed by atoms with Gasteiger partial charge in [0, 0.05) is 12.8 Å². The molecule has 0 spiro atoms. The fraction of sp³-hybridized carbons (Fsp3) is 0.717. The number of hydrogen-bond acceptors (Lipinski definition) is 6. The highest BCUT2D eigenvalue weighted by molar-refractivity contribution is 5.72.